The molecule has 0 aromatic rings. The molecule has 0 aromatic carbocycles. The van der Waals surface area contributed by atoms with E-state index in [1.807, 2.05) is 27.7 Å². The van der Waals surface area contributed by atoms with E-state index in [-0.39, 0.29) is 0 Å². The Morgan fingerprint density at radius 1 is 0.769 bits per heavy atom. The molecule has 0 aliphatic heterocycles. The first-order valence-corrected chi connectivity index (χ1v) is 5.42. The topological polar surface area (TPSA) is 0 Å². The molecule has 0 saturated heterocycles. The van der Waals surface area contributed by atoms with Crippen LogP contribution in [0.3, 0.4) is 0 Å². The summed E-state index contributed by atoms with van der Waals surface area (Å²) in [5, 5.41) is 0. The average molecular weight is 192 g/mol. The molecule has 0 bridgehead atoms. The van der Waals surface area contributed by atoms with Gasteiger partial charge in [0.1, 0.15) is 0 Å². The van der Waals surface area contributed by atoms with Crippen LogP contribution in [0.5, 0.6) is 0 Å². The van der Waals surface area contributed by atoms with E-state index in [1.54, 1.807) is 0 Å². The Hall–Kier alpha value is -0.140. The third kappa shape index (κ3) is 2.92. The van der Waals surface area contributed by atoms with Gasteiger partial charge in [-0.15, -0.1) is 0 Å². The van der Waals surface area contributed by atoms with Gasteiger partial charge in [0.05, 0.1) is 0 Å². The van der Waals surface area contributed by atoms with Crippen LogP contribution in [0.25, 0.3) is 0 Å². The summed E-state index contributed by atoms with van der Waals surface area (Å²) in [5.41, 5.74) is 0. The second kappa shape index (κ2) is 5.56. The molecule has 0 fully saturated rings. The average Bonchev–Trinajstić information content (AvgIpc) is 2.07. The first-order chi connectivity index (χ1) is 6.04. The Bertz CT molecular complexity index is 110. The number of alkyl halides is 2. The molecule has 0 amide bonds. The fourth-order valence-corrected chi connectivity index (χ4v) is 2.00. The molecule has 0 aliphatic carbocycles. The Morgan fingerprint density at radius 3 is 1.15 bits per heavy atom. The molecule has 80 valence electrons. The third-order valence-electron chi connectivity index (χ3n) is 3.06. The Morgan fingerprint density at radius 2 is 1.00 bits per heavy atom. The third-order valence-corrected chi connectivity index (χ3v) is 3.06. The molecule has 2 heteroatoms. The fraction of sp³-hybridized carbons (Fsp3) is 1.00. The predicted octanol–water partition coefficient (Wildman–Crippen LogP) is 4.49. The maximum Gasteiger partial charge on any atom is 0.253 e. The lowest BCUT2D eigenvalue weighted by Gasteiger charge is -2.31. The molecule has 0 N–H and O–H groups in total. The van der Waals surface area contributed by atoms with Gasteiger partial charge in [-0.25, -0.2) is 8.78 Å². The summed E-state index contributed by atoms with van der Waals surface area (Å²) < 4.78 is 27.5. The van der Waals surface area contributed by atoms with E-state index in [1.165, 1.54) is 0 Å². The van der Waals surface area contributed by atoms with Crippen molar-refractivity contribution in [3.8, 4) is 0 Å². The largest absolute Gasteiger partial charge is 0.253 e. The molecule has 0 atom stereocenters. The van der Waals surface area contributed by atoms with Gasteiger partial charge in [0.2, 0.25) is 0 Å². The summed E-state index contributed by atoms with van der Waals surface area (Å²) in [5.74, 6) is -3.33. The van der Waals surface area contributed by atoms with Crippen molar-refractivity contribution in [2.45, 2.75) is 59.3 Å². The zero-order valence-electron chi connectivity index (χ0n) is 9.24. The van der Waals surface area contributed by atoms with Crippen molar-refractivity contribution in [1.82, 2.24) is 0 Å². The maximum absolute atomic E-state index is 13.8. The predicted molar refractivity (Wildman–Crippen MR) is 53.1 cm³/mol. The number of hydrogen-bond acceptors (Lipinski definition) is 0. The van der Waals surface area contributed by atoms with Crippen LogP contribution < -0.4 is 0 Å². The van der Waals surface area contributed by atoms with Crippen molar-refractivity contribution in [1.29, 1.82) is 0 Å². The van der Waals surface area contributed by atoms with E-state index in [2.05, 4.69) is 0 Å². The van der Waals surface area contributed by atoms with E-state index in [9.17, 15) is 8.78 Å². The van der Waals surface area contributed by atoms with Crippen LogP contribution in [-0.4, -0.2) is 5.92 Å². The van der Waals surface area contributed by atoms with Gasteiger partial charge < -0.3 is 0 Å². The van der Waals surface area contributed by atoms with E-state index in [0.717, 1.165) is 0 Å². The quantitative estimate of drug-likeness (QED) is 0.581. The molecular formula is C11H22F2. The molecule has 0 nitrogen and oxygen atoms in total. The molecule has 13 heavy (non-hydrogen) atoms. The maximum atomic E-state index is 13.8. The molecular weight excluding hydrogens is 170 g/mol. The fourth-order valence-electron chi connectivity index (χ4n) is 2.00. The summed E-state index contributed by atoms with van der Waals surface area (Å²) >= 11 is 0. The van der Waals surface area contributed by atoms with Gasteiger partial charge in [0, 0.05) is 11.8 Å². The van der Waals surface area contributed by atoms with Gasteiger partial charge in [-0.05, 0) is 25.7 Å². The van der Waals surface area contributed by atoms with Crippen LogP contribution in [0.2, 0.25) is 0 Å². The molecule has 0 aromatic heterocycles. The molecule has 0 unspecified atom stereocenters. The van der Waals surface area contributed by atoms with Gasteiger partial charge in [-0.3, -0.25) is 0 Å². The van der Waals surface area contributed by atoms with Crippen LogP contribution >= 0.6 is 0 Å². The molecule has 0 radical (unpaired) electrons. The van der Waals surface area contributed by atoms with Crippen LogP contribution in [-0.2, 0) is 0 Å². The SMILES string of the molecule is CCC(CC)C(F)(F)C(CC)CC. The summed E-state index contributed by atoms with van der Waals surface area (Å²) in [4.78, 5) is 0. The van der Waals surface area contributed by atoms with Crippen LogP contribution in [0.4, 0.5) is 8.78 Å². The van der Waals surface area contributed by atoms with Gasteiger partial charge in [0.25, 0.3) is 5.92 Å². The highest BCUT2D eigenvalue weighted by Crippen LogP contribution is 2.39. The number of halogens is 2. The van der Waals surface area contributed by atoms with Crippen molar-refractivity contribution in [3.63, 3.8) is 0 Å². The molecule has 0 heterocycles. The molecule has 0 saturated carbocycles. The Kier molecular flexibility index (Phi) is 5.50. The lowest BCUT2D eigenvalue weighted by atomic mass is 9.83. The Labute approximate surface area is 80.7 Å². The molecule has 0 rings (SSSR count). The minimum Gasteiger partial charge on any atom is -0.206 e. The van der Waals surface area contributed by atoms with Crippen LogP contribution in [0.1, 0.15) is 53.4 Å². The highest BCUT2D eigenvalue weighted by molar-refractivity contribution is 4.81. The van der Waals surface area contributed by atoms with Crippen molar-refractivity contribution in [2.75, 3.05) is 0 Å². The second-order valence-electron chi connectivity index (χ2n) is 3.70. The van der Waals surface area contributed by atoms with Gasteiger partial charge in [0.15, 0.2) is 0 Å². The first kappa shape index (κ1) is 12.9. The number of rotatable bonds is 6. The van der Waals surface area contributed by atoms with Gasteiger partial charge in [-0.1, -0.05) is 27.7 Å². The first-order valence-electron chi connectivity index (χ1n) is 5.42. The highest BCUT2D eigenvalue weighted by Gasteiger charge is 2.42. The van der Waals surface area contributed by atoms with Crippen molar-refractivity contribution < 1.29 is 8.78 Å². The molecule has 0 spiro atoms. The van der Waals surface area contributed by atoms with Crippen molar-refractivity contribution in [3.05, 3.63) is 0 Å². The number of hydrogen-bond donors (Lipinski definition) is 0. The minimum absolute atomic E-state index is 0.433. The van der Waals surface area contributed by atoms with E-state index in [0.29, 0.717) is 25.7 Å². The summed E-state index contributed by atoms with van der Waals surface area (Å²) in [6, 6.07) is 0. The van der Waals surface area contributed by atoms with E-state index < -0.39 is 17.8 Å². The van der Waals surface area contributed by atoms with E-state index in [4.69, 9.17) is 0 Å². The van der Waals surface area contributed by atoms with Gasteiger partial charge >= 0.3 is 0 Å². The lowest BCUT2D eigenvalue weighted by Crippen LogP contribution is -2.35. The Balaban J connectivity index is 4.48. The van der Waals surface area contributed by atoms with Crippen LogP contribution in [0.15, 0.2) is 0 Å². The minimum atomic E-state index is -2.47. The second-order valence-corrected chi connectivity index (χ2v) is 3.70. The van der Waals surface area contributed by atoms with Crippen molar-refractivity contribution >= 4 is 0 Å². The summed E-state index contributed by atoms with van der Waals surface area (Å²) in [6.07, 6.45) is 2.33. The standard InChI is InChI=1S/C11H22F2/c1-5-9(6-2)11(12,13)10(7-3)8-4/h9-10H,5-8H2,1-4H3. The van der Waals surface area contributed by atoms with E-state index >= 15 is 0 Å². The van der Waals surface area contributed by atoms with Gasteiger partial charge in [-0.2, -0.15) is 0 Å². The lowest BCUT2D eigenvalue weighted by molar-refractivity contribution is -0.113. The highest BCUT2D eigenvalue weighted by atomic mass is 19.3. The van der Waals surface area contributed by atoms with Crippen molar-refractivity contribution in [2.24, 2.45) is 11.8 Å². The zero-order chi connectivity index (χ0) is 10.5. The smallest absolute Gasteiger partial charge is 0.206 e. The zero-order valence-corrected chi connectivity index (χ0v) is 9.24. The summed E-state index contributed by atoms with van der Waals surface area (Å²) in [7, 11) is 0. The monoisotopic (exact) mass is 192 g/mol. The normalized spacial score (nSPS) is 12.9. The molecule has 0 aliphatic rings. The summed E-state index contributed by atoms with van der Waals surface area (Å²) in [6.45, 7) is 7.41. The van der Waals surface area contributed by atoms with Crippen LogP contribution in [0, 0.1) is 11.8 Å².